The molecule has 0 spiro atoms. The van der Waals surface area contributed by atoms with Gasteiger partial charge in [0.05, 0.1) is 10.4 Å². The molecule has 9 heteroatoms. The number of aliphatic hydroxyl groups is 1. The van der Waals surface area contributed by atoms with E-state index in [4.69, 9.17) is 19.0 Å². The van der Waals surface area contributed by atoms with E-state index >= 15 is 0 Å². The molecule has 40 heavy (non-hydrogen) atoms. The summed E-state index contributed by atoms with van der Waals surface area (Å²) in [6.07, 6.45) is 2.50. The Bertz CT molecular complexity index is 1280. The number of cyclic esters (lactones) is 1. The van der Waals surface area contributed by atoms with Crippen LogP contribution in [0, 0.1) is 5.92 Å². The molecule has 0 aliphatic carbocycles. The number of halogens is 1. The van der Waals surface area contributed by atoms with Crippen LogP contribution in [0.3, 0.4) is 0 Å². The van der Waals surface area contributed by atoms with Gasteiger partial charge < -0.3 is 19.0 Å². The monoisotopic (exact) mass is 611 g/mol. The minimum atomic E-state index is -1.07. The number of unbranched alkanes of at least 4 members (excludes halogenated alkanes) is 3. The Morgan fingerprint density at radius 2 is 1.73 bits per heavy atom. The summed E-state index contributed by atoms with van der Waals surface area (Å²) < 4.78 is 18.0. The van der Waals surface area contributed by atoms with Crippen molar-refractivity contribution in [2.24, 2.45) is 5.92 Å². The minimum Gasteiger partial charge on any atom is -0.461 e. The predicted molar refractivity (Wildman–Crippen MR) is 151 cm³/mol. The summed E-state index contributed by atoms with van der Waals surface area (Å²) in [6, 6.07) is 19.8. The number of carbonyl (C=O) groups excluding carboxylic acids is 3. The standard InChI is InChI=1S/C31H34BrNO7/c1-21(35)39-29(28-19-25(32)27(40-28)16-10-2-3-11-17-34)24(18-22-12-6-4-7-13-22)30(36)33-26(20-38-31(33)37)23-14-8-5-9-15-23/h4-9,12-15,19,24,26,29,34H,2-3,10-11,16-18,20H2,1H3. The zero-order chi connectivity index (χ0) is 28.5. The fourth-order valence-corrected chi connectivity index (χ4v) is 5.47. The molecule has 8 nitrogen and oxygen atoms in total. The number of nitrogens with zero attached hydrogens (tertiary/aromatic N) is 1. The van der Waals surface area contributed by atoms with Gasteiger partial charge in [-0.05, 0) is 52.4 Å². The summed E-state index contributed by atoms with van der Waals surface area (Å²) >= 11 is 3.56. The topological polar surface area (TPSA) is 106 Å². The van der Waals surface area contributed by atoms with Crippen molar-refractivity contribution in [1.82, 2.24) is 4.90 Å². The Balaban J connectivity index is 1.68. The minimum absolute atomic E-state index is 0.0393. The van der Waals surface area contributed by atoms with Crippen LogP contribution in [0.25, 0.3) is 0 Å². The Morgan fingerprint density at radius 1 is 1.05 bits per heavy atom. The van der Waals surface area contributed by atoms with E-state index in [0.717, 1.165) is 46.2 Å². The Labute approximate surface area is 242 Å². The van der Waals surface area contributed by atoms with Crippen LogP contribution in [-0.4, -0.2) is 41.2 Å². The van der Waals surface area contributed by atoms with Crippen molar-refractivity contribution in [2.75, 3.05) is 13.2 Å². The molecule has 0 bridgehead atoms. The second-order valence-electron chi connectivity index (χ2n) is 9.85. The number of imide groups is 1. The molecule has 1 aliphatic rings. The lowest BCUT2D eigenvalue weighted by atomic mass is 9.90. The summed E-state index contributed by atoms with van der Waals surface area (Å²) in [7, 11) is 0. The van der Waals surface area contributed by atoms with Crippen LogP contribution < -0.4 is 0 Å². The molecule has 4 rings (SSSR count). The Morgan fingerprint density at radius 3 is 2.40 bits per heavy atom. The van der Waals surface area contributed by atoms with Gasteiger partial charge in [-0.1, -0.05) is 73.5 Å². The molecule has 2 heterocycles. The number of aliphatic hydroxyl groups excluding tert-OH is 1. The van der Waals surface area contributed by atoms with Crippen molar-refractivity contribution >= 4 is 33.9 Å². The third-order valence-corrected chi connectivity index (χ3v) is 7.61. The number of aryl methyl sites for hydroxylation is 1. The summed E-state index contributed by atoms with van der Waals surface area (Å²) in [6.45, 7) is 1.50. The number of ether oxygens (including phenoxy) is 2. The summed E-state index contributed by atoms with van der Waals surface area (Å²) in [5, 5.41) is 9.01. The molecule has 1 N–H and O–H groups in total. The summed E-state index contributed by atoms with van der Waals surface area (Å²) in [4.78, 5) is 40.7. The fourth-order valence-electron chi connectivity index (χ4n) is 4.96. The van der Waals surface area contributed by atoms with Crippen molar-refractivity contribution in [1.29, 1.82) is 0 Å². The van der Waals surface area contributed by atoms with Gasteiger partial charge >= 0.3 is 12.1 Å². The maximum atomic E-state index is 14.3. The molecule has 2 aromatic carbocycles. The maximum absolute atomic E-state index is 14.3. The fraction of sp³-hybridized carbons (Fsp3) is 0.387. The first-order valence-corrected chi connectivity index (χ1v) is 14.3. The third kappa shape index (κ3) is 7.40. The molecule has 3 unspecified atom stereocenters. The number of hydrogen-bond acceptors (Lipinski definition) is 7. The zero-order valence-electron chi connectivity index (χ0n) is 22.5. The van der Waals surface area contributed by atoms with E-state index in [-0.39, 0.29) is 19.6 Å². The second-order valence-corrected chi connectivity index (χ2v) is 10.7. The Kier molecular flexibility index (Phi) is 10.5. The van der Waals surface area contributed by atoms with E-state index < -0.39 is 36.0 Å². The highest BCUT2D eigenvalue weighted by Crippen LogP contribution is 2.38. The van der Waals surface area contributed by atoms with Gasteiger partial charge in [-0.2, -0.15) is 0 Å². The van der Waals surface area contributed by atoms with E-state index in [2.05, 4.69) is 15.9 Å². The van der Waals surface area contributed by atoms with Crippen molar-refractivity contribution < 1.29 is 33.4 Å². The third-order valence-electron chi connectivity index (χ3n) is 6.94. The SMILES string of the molecule is CC(=O)OC(c1cc(Br)c(CCCCCCO)o1)C(Cc1ccccc1)C(=O)N1C(=O)OCC1c1ccccc1. The molecule has 1 aliphatic heterocycles. The molecule has 0 radical (unpaired) electrons. The number of furan rings is 1. The van der Waals surface area contributed by atoms with Crippen LogP contribution in [0.4, 0.5) is 4.79 Å². The smallest absolute Gasteiger partial charge is 0.417 e. The first-order valence-electron chi connectivity index (χ1n) is 13.5. The summed E-state index contributed by atoms with van der Waals surface area (Å²) in [5.74, 6) is -1.03. The summed E-state index contributed by atoms with van der Waals surface area (Å²) in [5.41, 5.74) is 1.62. The average molecular weight is 613 g/mol. The molecule has 2 amide bonds. The van der Waals surface area contributed by atoms with Crippen LogP contribution in [0.15, 0.2) is 75.6 Å². The molecule has 1 fully saturated rings. The van der Waals surface area contributed by atoms with Crippen molar-refractivity contribution in [3.63, 3.8) is 0 Å². The molecule has 0 saturated carbocycles. The lowest BCUT2D eigenvalue weighted by Crippen LogP contribution is -2.42. The van der Waals surface area contributed by atoms with Gasteiger partial charge in [0.25, 0.3) is 0 Å². The van der Waals surface area contributed by atoms with Crippen molar-refractivity contribution in [3.8, 4) is 0 Å². The predicted octanol–water partition coefficient (Wildman–Crippen LogP) is 6.32. The van der Waals surface area contributed by atoms with Crippen LogP contribution in [0.5, 0.6) is 0 Å². The van der Waals surface area contributed by atoms with Crippen LogP contribution in [0.1, 0.15) is 67.4 Å². The van der Waals surface area contributed by atoms with Crippen molar-refractivity contribution in [3.05, 3.63) is 93.9 Å². The average Bonchev–Trinajstić information content (AvgIpc) is 3.53. The van der Waals surface area contributed by atoms with Gasteiger partial charge in [0.1, 0.15) is 24.2 Å². The number of carbonyl (C=O) groups is 3. The first kappa shape index (κ1) is 29.6. The van der Waals surface area contributed by atoms with Gasteiger partial charge in [0.15, 0.2) is 6.10 Å². The number of amides is 2. The Hall–Kier alpha value is -3.43. The van der Waals surface area contributed by atoms with Crippen LogP contribution in [0.2, 0.25) is 0 Å². The number of rotatable bonds is 13. The number of esters is 1. The van der Waals surface area contributed by atoms with Crippen LogP contribution in [-0.2, 0) is 31.9 Å². The van der Waals surface area contributed by atoms with Crippen molar-refractivity contribution in [2.45, 2.75) is 57.6 Å². The molecule has 212 valence electrons. The van der Waals surface area contributed by atoms with Crippen LogP contribution >= 0.6 is 15.9 Å². The number of benzene rings is 2. The highest BCUT2D eigenvalue weighted by atomic mass is 79.9. The zero-order valence-corrected chi connectivity index (χ0v) is 24.0. The highest BCUT2D eigenvalue weighted by Gasteiger charge is 2.46. The molecule has 3 atom stereocenters. The van der Waals surface area contributed by atoms with Gasteiger partial charge in [-0.3, -0.25) is 9.59 Å². The second kappa shape index (κ2) is 14.3. The molecule has 3 aromatic rings. The van der Waals surface area contributed by atoms with Gasteiger partial charge in [-0.15, -0.1) is 0 Å². The molecular formula is C31H34BrNO7. The molecular weight excluding hydrogens is 578 g/mol. The van der Waals surface area contributed by atoms with Gasteiger partial charge in [-0.25, -0.2) is 9.69 Å². The lowest BCUT2D eigenvalue weighted by molar-refractivity contribution is -0.155. The molecule has 1 saturated heterocycles. The van der Waals surface area contributed by atoms with Gasteiger partial charge in [0, 0.05) is 20.0 Å². The normalized spacial score (nSPS) is 16.4. The highest BCUT2D eigenvalue weighted by molar-refractivity contribution is 9.10. The van der Waals surface area contributed by atoms with Gasteiger partial charge in [0.2, 0.25) is 5.91 Å². The first-order chi connectivity index (χ1) is 19.4. The quantitative estimate of drug-likeness (QED) is 0.178. The van der Waals surface area contributed by atoms with E-state index in [1.807, 2.05) is 60.7 Å². The maximum Gasteiger partial charge on any atom is 0.417 e. The van der Waals surface area contributed by atoms with E-state index in [9.17, 15) is 14.4 Å². The largest absolute Gasteiger partial charge is 0.461 e. The van der Waals surface area contributed by atoms with E-state index in [0.29, 0.717) is 17.9 Å². The number of hydrogen-bond donors (Lipinski definition) is 1. The van der Waals surface area contributed by atoms with E-state index in [1.165, 1.54) is 6.92 Å². The lowest BCUT2D eigenvalue weighted by Gasteiger charge is -2.29. The van der Waals surface area contributed by atoms with E-state index in [1.54, 1.807) is 6.07 Å². The molecule has 1 aromatic heterocycles.